The number of fused-ring (bicyclic) bond motifs is 1. The second-order valence-corrected chi connectivity index (χ2v) is 7.31. The summed E-state index contributed by atoms with van der Waals surface area (Å²) in [6.07, 6.45) is 11.2. The molecule has 1 saturated carbocycles. The second-order valence-electron chi connectivity index (χ2n) is 7.31. The number of hydrogen-bond acceptors (Lipinski definition) is 2. The fourth-order valence-corrected chi connectivity index (χ4v) is 4.71. The van der Waals surface area contributed by atoms with E-state index >= 15 is 0 Å². The fraction of sp³-hybridized carbons (Fsp3) is 0.524. The molecule has 1 fully saturated rings. The zero-order valence-electron chi connectivity index (χ0n) is 15.5. The Morgan fingerprint density at radius 3 is 2.57 bits per heavy atom. The Hall–Kier alpha value is -1.70. The summed E-state index contributed by atoms with van der Waals surface area (Å²) >= 11 is 0. The highest BCUT2D eigenvalue weighted by atomic mass is 15.4. The first-order valence-electron chi connectivity index (χ1n) is 9.54. The second kappa shape index (κ2) is 5.74. The lowest BCUT2D eigenvalue weighted by Gasteiger charge is -2.40. The number of para-hydroxylation sites is 1. The Morgan fingerprint density at radius 1 is 1.09 bits per heavy atom. The molecule has 0 saturated heterocycles. The summed E-state index contributed by atoms with van der Waals surface area (Å²) in [7, 11) is 0. The van der Waals surface area contributed by atoms with Crippen molar-refractivity contribution in [1.29, 1.82) is 0 Å². The van der Waals surface area contributed by atoms with Crippen molar-refractivity contribution in [3.05, 3.63) is 53.5 Å². The van der Waals surface area contributed by atoms with Crippen LogP contribution in [-0.4, -0.2) is 11.1 Å². The van der Waals surface area contributed by atoms with Crippen LogP contribution in [0.4, 0.5) is 5.69 Å². The molecule has 0 radical (unpaired) electrons. The summed E-state index contributed by atoms with van der Waals surface area (Å²) in [6, 6.07) is 8.69. The van der Waals surface area contributed by atoms with E-state index in [-0.39, 0.29) is 0 Å². The minimum atomic E-state index is -0.617. The van der Waals surface area contributed by atoms with Crippen molar-refractivity contribution in [1.82, 2.24) is 4.90 Å². The van der Waals surface area contributed by atoms with Gasteiger partial charge in [-0.05, 0) is 44.2 Å². The molecule has 2 aliphatic heterocycles. The van der Waals surface area contributed by atoms with Gasteiger partial charge in [0.1, 0.15) is 6.17 Å². The van der Waals surface area contributed by atoms with E-state index in [4.69, 9.17) is 1.37 Å². The summed E-state index contributed by atoms with van der Waals surface area (Å²) in [5.74, 6) is 0.0541. The topological polar surface area (TPSA) is 6.48 Å². The Labute approximate surface area is 141 Å². The molecule has 0 amide bonds. The maximum Gasteiger partial charge on any atom is 0.113 e. The van der Waals surface area contributed by atoms with Gasteiger partial charge in [-0.15, -0.1) is 0 Å². The average molecular weight is 309 g/mol. The molecule has 4 rings (SSSR count). The smallest absolute Gasteiger partial charge is 0.113 e. The summed E-state index contributed by atoms with van der Waals surface area (Å²) in [6.45, 7) is 6.42. The van der Waals surface area contributed by atoms with Crippen molar-refractivity contribution >= 4 is 5.69 Å². The maximum atomic E-state index is 8.74. The predicted molar refractivity (Wildman–Crippen MR) is 96.9 cm³/mol. The van der Waals surface area contributed by atoms with Crippen molar-refractivity contribution in [3.8, 4) is 0 Å². The summed E-state index contributed by atoms with van der Waals surface area (Å²) in [5, 5.41) is 0. The predicted octanol–water partition coefficient (Wildman–Crippen LogP) is 5.42. The highest BCUT2D eigenvalue weighted by molar-refractivity contribution is 5.62. The fourth-order valence-electron chi connectivity index (χ4n) is 4.71. The highest BCUT2D eigenvalue weighted by Crippen LogP contribution is 2.46. The van der Waals surface area contributed by atoms with Crippen LogP contribution >= 0.6 is 0 Å². The van der Waals surface area contributed by atoms with Crippen molar-refractivity contribution in [3.63, 3.8) is 0 Å². The first kappa shape index (κ1) is 13.7. The Bertz CT molecular complexity index is 698. The van der Waals surface area contributed by atoms with Gasteiger partial charge in [0.2, 0.25) is 0 Å². The molecule has 0 aromatic heterocycles. The molecule has 2 nitrogen and oxygen atoms in total. The number of allylic oxidation sites excluding steroid dienone is 2. The van der Waals surface area contributed by atoms with E-state index < -0.39 is 5.89 Å². The van der Waals surface area contributed by atoms with Gasteiger partial charge in [-0.2, -0.15) is 0 Å². The normalized spacial score (nSPS) is 31.8. The third-order valence-corrected chi connectivity index (χ3v) is 5.82. The zero-order chi connectivity index (χ0) is 16.9. The molecule has 2 heterocycles. The van der Waals surface area contributed by atoms with Gasteiger partial charge in [-0.1, -0.05) is 50.5 Å². The quantitative estimate of drug-likeness (QED) is 0.720. The van der Waals surface area contributed by atoms with Gasteiger partial charge >= 0.3 is 0 Å². The molecular formula is C21H28N2. The minimum Gasteiger partial charge on any atom is -0.328 e. The summed E-state index contributed by atoms with van der Waals surface area (Å²) in [4.78, 5) is 4.93. The van der Waals surface area contributed by atoms with Crippen molar-refractivity contribution in [2.75, 3.05) is 4.90 Å². The minimum absolute atomic E-state index is 0.338. The number of anilines is 1. The van der Waals surface area contributed by atoms with Crippen LogP contribution in [0.15, 0.2) is 47.9 Å². The lowest BCUT2D eigenvalue weighted by atomic mass is 9.86. The van der Waals surface area contributed by atoms with Gasteiger partial charge in [0.25, 0.3) is 0 Å². The van der Waals surface area contributed by atoms with E-state index in [0.717, 1.165) is 0 Å². The van der Waals surface area contributed by atoms with Crippen LogP contribution in [0, 0.1) is 18.7 Å². The van der Waals surface area contributed by atoms with E-state index in [1.54, 1.807) is 0 Å². The largest absolute Gasteiger partial charge is 0.328 e. The Morgan fingerprint density at radius 2 is 1.83 bits per heavy atom. The molecule has 0 N–H and O–H groups in total. The van der Waals surface area contributed by atoms with Crippen molar-refractivity contribution in [2.45, 2.75) is 59.0 Å². The number of benzene rings is 1. The zero-order valence-corrected chi connectivity index (χ0v) is 14.5. The van der Waals surface area contributed by atoms with Gasteiger partial charge in [0, 0.05) is 30.5 Å². The monoisotopic (exact) mass is 309 g/mol. The SMILES string of the molecule is [2H]C1(C)C=CN2C1=C(C)N(c1ccccc1C)C2C1CCCCC1. The third-order valence-electron chi connectivity index (χ3n) is 5.82. The molecular weight excluding hydrogens is 280 g/mol. The molecule has 23 heavy (non-hydrogen) atoms. The molecule has 3 aliphatic rings. The number of nitrogens with zero attached hydrogens (tertiary/aromatic N) is 2. The molecule has 2 atom stereocenters. The van der Waals surface area contributed by atoms with Gasteiger partial charge in [-0.25, -0.2) is 0 Å². The number of rotatable bonds is 2. The Balaban J connectivity index is 1.81. The van der Waals surface area contributed by atoms with E-state index in [2.05, 4.69) is 60.2 Å². The molecule has 1 aromatic rings. The number of hydrogen-bond donors (Lipinski definition) is 0. The maximum absolute atomic E-state index is 8.74. The average Bonchev–Trinajstić information content (AvgIpc) is 3.04. The number of aryl methyl sites for hydroxylation is 1. The van der Waals surface area contributed by atoms with Gasteiger partial charge < -0.3 is 9.80 Å². The van der Waals surface area contributed by atoms with E-state index in [1.165, 1.54) is 54.7 Å². The Kier molecular flexibility index (Phi) is 3.42. The highest BCUT2D eigenvalue weighted by Gasteiger charge is 2.44. The van der Waals surface area contributed by atoms with Crippen molar-refractivity contribution in [2.24, 2.45) is 11.8 Å². The molecule has 2 heteroatoms. The van der Waals surface area contributed by atoms with Crippen molar-refractivity contribution < 1.29 is 1.37 Å². The van der Waals surface area contributed by atoms with E-state index in [9.17, 15) is 0 Å². The first-order valence-corrected chi connectivity index (χ1v) is 9.04. The lowest BCUT2D eigenvalue weighted by molar-refractivity contribution is 0.211. The summed E-state index contributed by atoms with van der Waals surface area (Å²) in [5.41, 5.74) is 5.04. The third kappa shape index (κ3) is 2.31. The van der Waals surface area contributed by atoms with Crippen LogP contribution in [0.3, 0.4) is 0 Å². The van der Waals surface area contributed by atoms with Crippen LogP contribution in [0.25, 0.3) is 0 Å². The summed E-state index contributed by atoms with van der Waals surface area (Å²) < 4.78 is 8.74. The van der Waals surface area contributed by atoms with Crippen LogP contribution < -0.4 is 4.90 Å². The van der Waals surface area contributed by atoms with Gasteiger partial charge in [-0.3, -0.25) is 0 Å². The first-order chi connectivity index (χ1) is 11.5. The van der Waals surface area contributed by atoms with Crippen LogP contribution in [0.5, 0.6) is 0 Å². The van der Waals surface area contributed by atoms with Crippen LogP contribution in [0.1, 0.15) is 52.9 Å². The molecule has 1 aliphatic carbocycles. The van der Waals surface area contributed by atoms with E-state index in [1.807, 2.05) is 6.92 Å². The van der Waals surface area contributed by atoms with Gasteiger partial charge in [0.15, 0.2) is 0 Å². The van der Waals surface area contributed by atoms with Crippen LogP contribution in [0.2, 0.25) is 0 Å². The van der Waals surface area contributed by atoms with Gasteiger partial charge in [0.05, 0.1) is 0 Å². The van der Waals surface area contributed by atoms with Crippen LogP contribution in [-0.2, 0) is 0 Å². The molecule has 122 valence electrons. The standard InChI is InChI=1S/C21H28N2/c1-15-9-7-8-12-19(15)23-17(3)20-16(2)13-14-22(20)21(23)18-10-5-4-6-11-18/h7-9,12-14,16,18,21H,4-6,10-11H2,1-3H3/i16D. The molecule has 1 aromatic carbocycles. The van der Waals surface area contributed by atoms with E-state index in [0.29, 0.717) is 12.1 Å². The lowest BCUT2D eigenvalue weighted by Crippen LogP contribution is -2.44. The molecule has 0 spiro atoms. The molecule has 0 bridgehead atoms. The molecule has 2 unspecified atom stereocenters.